The van der Waals surface area contributed by atoms with Crippen LogP contribution in [0.25, 0.3) is 11.1 Å². The number of halogens is 3. The molecule has 1 aliphatic rings. The molecular formula is C25H23ClF2N2O4. The van der Waals surface area contributed by atoms with E-state index in [1.807, 2.05) is 30.3 Å². The minimum atomic E-state index is -1.02. The largest absolute Gasteiger partial charge is 0.488 e. The molecule has 0 radical (unpaired) electrons. The smallest absolute Gasteiger partial charge is 0.251 e. The van der Waals surface area contributed by atoms with Crippen LogP contribution in [-0.4, -0.2) is 37.8 Å². The van der Waals surface area contributed by atoms with Crippen molar-refractivity contribution < 1.29 is 28.2 Å². The molecule has 3 aromatic rings. The zero-order valence-corrected chi connectivity index (χ0v) is 19.1. The van der Waals surface area contributed by atoms with Crippen LogP contribution in [0.3, 0.4) is 0 Å². The Labute approximate surface area is 200 Å². The van der Waals surface area contributed by atoms with Gasteiger partial charge in [-0.15, -0.1) is 0 Å². The molecule has 0 aromatic heterocycles. The molecule has 34 heavy (non-hydrogen) atoms. The van der Waals surface area contributed by atoms with E-state index in [2.05, 4.69) is 5.32 Å². The van der Waals surface area contributed by atoms with Gasteiger partial charge in [0.05, 0.1) is 17.2 Å². The Balaban J connectivity index is 1.98. The van der Waals surface area contributed by atoms with Gasteiger partial charge in [-0.3, -0.25) is 4.79 Å². The number of benzene rings is 3. The Morgan fingerprint density at radius 3 is 2.62 bits per heavy atom. The molecule has 4 N–H and O–H groups in total. The van der Waals surface area contributed by atoms with Crippen molar-refractivity contribution in [2.75, 3.05) is 26.8 Å². The molecule has 9 heteroatoms. The highest BCUT2D eigenvalue weighted by Crippen LogP contribution is 2.50. The Morgan fingerprint density at radius 2 is 1.97 bits per heavy atom. The molecule has 0 saturated carbocycles. The molecule has 1 aliphatic heterocycles. The molecule has 0 fully saturated rings. The number of nitrogens with one attached hydrogen (secondary N) is 1. The van der Waals surface area contributed by atoms with Crippen LogP contribution >= 0.6 is 11.6 Å². The Bertz CT molecular complexity index is 1240. The molecule has 1 atom stereocenters. The second-order valence-corrected chi connectivity index (χ2v) is 8.20. The molecule has 4 rings (SSSR count). The first-order valence-corrected chi connectivity index (χ1v) is 11.0. The Kier molecular flexibility index (Phi) is 6.74. The van der Waals surface area contributed by atoms with Crippen molar-refractivity contribution in [3.8, 4) is 22.6 Å². The van der Waals surface area contributed by atoms with Gasteiger partial charge in [0.25, 0.3) is 5.91 Å². The predicted octanol–water partition coefficient (Wildman–Crippen LogP) is 3.81. The summed E-state index contributed by atoms with van der Waals surface area (Å²) in [5.41, 5.74) is 6.00. The molecule has 3 aromatic carbocycles. The first-order chi connectivity index (χ1) is 16.4. The minimum absolute atomic E-state index is 0.00605. The Hall–Kier alpha value is -3.20. The molecule has 1 amide bonds. The lowest BCUT2D eigenvalue weighted by molar-refractivity contribution is 0.0963. The van der Waals surface area contributed by atoms with E-state index in [1.54, 1.807) is 0 Å². The lowest BCUT2D eigenvalue weighted by atomic mass is 9.85. The summed E-state index contributed by atoms with van der Waals surface area (Å²) in [6, 6.07) is 13.0. The van der Waals surface area contributed by atoms with Crippen molar-refractivity contribution in [3.05, 3.63) is 81.9 Å². The van der Waals surface area contributed by atoms with Crippen molar-refractivity contribution >= 4 is 17.5 Å². The van der Waals surface area contributed by atoms with Crippen molar-refractivity contribution in [2.24, 2.45) is 5.73 Å². The summed E-state index contributed by atoms with van der Waals surface area (Å²) in [6.45, 7) is -0.446. The van der Waals surface area contributed by atoms with Crippen LogP contribution in [0, 0.1) is 11.6 Å². The zero-order valence-electron chi connectivity index (χ0n) is 18.3. The highest BCUT2D eigenvalue weighted by atomic mass is 35.5. The van der Waals surface area contributed by atoms with Crippen LogP contribution in [0.5, 0.6) is 11.5 Å². The number of nitrogens with two attached hydrogens (primary N) is 1. The summed E-state index contributed by atoms with van der Waals surface area (Å²) in [5, 5.41) is 11.2. The van der Waals surface area contributed by atoms with Gasteiger partial charge in [-0.25, -0.2) is 8.78 Å². The van der Waals surface area contributed by atoms with Crippen LogP contribution in [0.4, 0.5) is 8.78 Å². The number of carbonyl (C=O) groups is 1. The summed E-state index contributed by atoms with van der Waals surface area (Å²) in [4.78, 5) is 12.6. The molecule has 0 aliphatic carbocycles. The number of hydrogen-bond donors (Lipinski definition) is 3. The van der Waals surface area contributed by atoms with Gasteiger partial charge in [0, 0.05) is 42.8 Å². The summed E-state index contributed by atoms with van der Waals surface area (Å²) >= 11 is 6.40. The van der Waals surface area contributed by atoms with Gasteiger partial charge in [-0.2, -0.15) is 0 Å². The fourth-order valence-corrected chi connectivity index (χ4v) is 4.49. The summed E-state index contributed by atoms with van der Waals surface area (Å²) in [7, 11) is 1.40. The summed E-state index contributed by atoms with van der Waals surface area (Å²) in [6.07, 6.45) is 0.173. The molecule has 1 unspecified atom stereocenters. The first kappa shape index (κ1) is 23.9. The maximum Gasteiger partial charge on any atom is 0.251 e. The third-order valence-corrected chi connectivity index (χ3v) is 6.23. The average molecular weight is 489 g/mol. The van der Waals surface area contributed by atoms with E-state index in [0.29, 0.717) is 5.56 Å². The second-order valence-electron chi connectivity index (χ2n) is 7.82. The van der Waals surface area contributed by atoms with Gasteiger partial charge in [0.2, 0.25) is 0 Å². The van der Waals surface area contributed by atoms with Crippen LogP contribution < -0.4 is 20.5 Å². The topological polar surface area (TPSA) is 93.8 Å². The maximum absolute atomic E-state index is 15.8. The second kappa shape index (κ2) is 9.58. The highest BCUT2D eigenvalue weighted by molar-refractivity contribution is 6.34. The SMILES string of the molecule is CNC(=O)c1ccc(OCCO)c(F)c1-c1c(Cl)c(F)cc2c1CC(CN)(c1ccccc1)O2. The summed E-state index contributed by atoms with van der Waals surface area (Å²) < 4.78 is 42.3. The van der Waals surface area contributed by atoms with Gasteiger partial charge < -0.3 is 25.6 Å². The third-order valence-electron chi connectivity index (χ3n) is 5.86. The molecule has 178 valence electrons. The fraction of sp³-hybridized carbons (Fsp3) is 0.240. The quantitative estimate of drug-likeness (QED) is 0.470. The first-order valence-electron chi connectivity index (χ1n) is 10.6. The van der Waals surface area contributed by atoms with Crippen molar-refractivity contribution in [3.63, 3.8) is 0 Å². The molecule has 0 saturated heterocycles. The summed E-state index contributed by atoms with van der Waals surface area (Å²) in [5.74, 6) is -2.38. The number of aliphatic hydroxyl groups excluding tert-OH is 1. The molecule has 1 heterocycles. The van der Waals surface area contributed by atoms with E-state index in [9.17, 15) is 9.18 Å². The van der Waals surface area contributed by atoms with E-state index in [-0.39, 0.29) is 59.4 Å². The van der Waals surface area contributed by atoms with E-state index in [4.69, 9.17) is 31.9 Å². The standard InChI is InChI=1S/C25H23ClF2N2O4/c1-30-24(32)15-7-8-18(33-10-9-31)23(28)21(15)20-16-12-25(13-29,14-5-3-2-4-6-14)34-19(16)11-17(27)22(20)26/h2-8,11,31H,9-10,12-13,29H2,1H3,(H,30,32). The van der Waals surface area contributed by atoms with E-state index in [1.165, 1.54) is 19.2 Å². The van der Waals surface area contributed by atoms with Gasteiger partial charge in [0.15, 0.2) is 17.2 Å². The van der Waals surface area contributed by atoms with Gasteiger partial charge in [-0.1, -0.05) is 41.9 Å². The van der Waals surface area contributed by atoms with Gasteiger partial charge in [0.1, 0.15) is 18.2 Å². The molecular weight excluding hydrogens is 466 g/mol. The minimum Gasteiger partial charge on any atom is -0.488 e. The number of fused-ring (bicyclic) bond motifs is 1. The number of hydrogen-bond acceptors (Lipinski definition) is 5. The van der Waals surface area contributed by atoms with E-state index >= 15 is 4.39 Å². The maximum atomic E-state index is 15.8. The average Bonchev–Trinajstić information content (AvgIpc) is 3.24. The van der Waals surface area contributed by atoms with Crippen LogP contribution in [0.15, 0.2) is 48.5 Å². The van der Waals surface area contributed by atoms with Gasteiger partial charge in [-0.05, 0) is 17.7 Å². The predicted molar refractivity (Wildman–Crippen MR) is 124 cm³/mol. The number of aliphatic hydroxyl groups is 1. The van der Waals surface area contributed by atoms with Crippen molar-refractivity contribution in [1.82, 2.24) is 5.32 Å². The normalized spacial score (nSPS) is 16.6. The van der Waals surface area contributed by atoms with Gasteiger partial charge >= 0.3 is 0 Å². The van der Waals surface area contributed by atoms with Crippen LogP contribution in [0.2, 0.25) is 5.02 Å². The Morgan fingerprint density at radius 1 is 1.24 bits per heavy atom. The number of ether oxygens (including phenoxy) is 2. The van der Waals surface area contributed by atoms with Crippen LogP contribution in [0.1, 0.15) is 21.5 Å². The monoisotopic (exact) mass is 488 g/mol. The highest BCUT2D eigenvalue weighted by Gasteiger charge is 2.43. The van der Waals surface area contributed by atoms with Crippen LogP contribution in [-0.2, 0) is 12.0 Å². The zero-order chi connectivity index (χ0) is 24.5. The number of amides is 1. The molecule has 6 nitrogen and oxygen atoms in total. The molecule has 0 bridgehead atoms. The van der Waals surface area contributed by atoms with Crippen molar-refractivity contribution in [1.29, 1.82) is 0 Å². The number of rotatable bonds is 7. The van der Waals surface area contributed by atoms with E-state index < -0.39 is 23.1 Å². The third kappa shape index (κ3) is 3.98. The fourth-order valence-electron chi connectivity index (χ4n) is 4.23. The number of carbonyl (C=O) groups excluding carboxylic acids is 1. The lowest BCUT2D eigenvalue weighted by Crippen LogP contribution is -2.39. The lowest BCUT2D eigenvalue weighted by Gasteiger charge is -2.27. The van der Waals surface area contributed by atoms with Crippen molar-refractivity contribution in [2.45, 2.75) is 12.0 Å². The molecule has 0 spiro atoms. The van der Waals surface area contributed by atoms with E-state index in [0.717, 1.165) is 11.6 Å².